The second-order valence-electron chi connectivity index (χ2n) is 14.5. The number of para-hydroxylation sites is 2. The molecule has 13 heteroatoms. The van der Waals surface area contributed by atoms with E-state index >= 15 is 0 Å². The number of amides is 4. The number of carbonyl (C=O) groups excluding carboxylic acids is 4. The first-order valence-corrected chi connectivity index (χ1v) is 17.0. The topological polar surface area (TPSA) is 123 Å². The quantitative estimate of drug-likeness (QED) is 0.327. The van der Waals surface area contributed by atoms with Gasteiger partial charge < -0.3 is 31.1 Å². The number of rotatable bonds is 5. The number of nitrogens with zero attached hydrogens (tertiary/aromatic N) is 2. The molecule has 6 heterocycles. The second kappa shape index (κ2) is 10.5. The summed E-state index contributed by atoms with van der Waals surface area (Å²) in [6.07, 6.45) is -6.05. The summed E-state index contributed by atoms with van der Waals surface area (Å²) in [5.41, 5.74) is 2.01. The van der Waals surface area contributed by atoms with Crippen LogP contribution in [0.25, 0.3) is 0 Å². The number of fused-ring (bicyclic) bond motifs is 11. The highest BCUT2D eigenvalue weighted by atomic mass is 19.4. The van der Waals surface area contributed by atoms with Crippen LogP contribution in [0.15, 0.2) is 78.9 Å². The summed E-state index contributed by atoms with van der Waals surface area (Å²) >= 11 is 0. The fourth-order valence-electron chi connectivity index (χ4n) is 10.0. The average molecular weight is 685 g/mol. The Bertz CT molecular complexity index is 1960. The first kappa shape index (κ1) is 30.9. The van der Waals surface area contributed by atoms with Crippen molar-refractivity contribution in [1.82, 2.24) is 20.4 Å². The van der Waals surface area contributed by atoms with Crippen molar-refractivity contribution in [3.63, 3.8) is 0 Å². The zero-order valence-electron chi connectivity index (χ0n) is 27.0. The fraction of sp³-hybridized carbons (Fsp3) is 0.405. The minimum Gasteiger partial charge on any atom is -0.364 e. The van der Waals surface area contributed by atoms with Crippen LogP contribution in [0.2, 0.25) is 0 Å². The van der Waals surface area contributed by atoms with Gasteiger partial charge in [-0.25, -0.2) is 0 Å². The van der Waals surface area contributed by atoms with Crippen molar-refractivity contribution in [2.24, 2.45) is 5.92 Å². The molecule has 6 aliphatic rings. The highest BCUT2D eigenvalue weighted by Crippen LogP contribution is 2.68. The summed E-state index contributed by atoms with van der Waals surface area (Å²) in [5.74, 6) is -3.43. The molecule has 4 N–H and O–H groups in total. The Morgan fingerprint density at radius 1 is 0.680 bits per heavy atom. The second-order valence-corrected chi connectivity index (χ2v) is 14.5. The van der Waals surface area contributed by atoms with Crippen molar-refractivity contribution in [1.29, 1.82) is 0 Å². The zero-order valence-corrected chi connectivity index (χ0v) is 27.0. The number of halogens is 3. The Morgan fingerprint density at radius 2 is 1.14 bits per heavy atom. The molecule has 6 aliphatic heterocycles. The molecule has 0 bridgehead atoms. The number of benzene rings is 3. The minimum atomic E-state index is -4.54. The van der Waals surface area contributed by atoms with Gasteiger partial charge in [-0.2, -0.15) is 13.2 Å². The molecule has 4 fully saturated rings. The van der Waals surface area contributed by atoms with Gasteiger partial charge in [0.15, 0.2) is 0 Å². The van der Waals surface area contributed by atoms with Crippen LogP contribution in [0.5, 0.6) is 0 Å². The van der Waals surface area contributed by atoms with Crippen LogP contribution in [-0.4, -0.2) is 76.1 Å². The first-order chi connectivity index (χ1) is 24.0. The molecule has 3 aromatic carbocycles. The lowest BCUT2D eigenvalue weighted by atomic mass is 9.54. The molecule has 0 aromatic heterocycles. The van der Waals surface area contributed by atoms with E-state index in [1.807, 2.05) is 78.9 Å². The third-order valence-electron chi connectivity index (χ3n) is 12.2. The van der Waals surface area contributed by atoms with Crippen LogP contribution < -0.4 is 21.3 Å². The lowest BCUT2D eigenvalue weighted by molar-refractivity contribution is -0.176. The summed E-state index contributed by atoms with van der Waals surface area (Å²) in [4.78, 5) is 60.0. The standard InChI is InChI=1S/C37H35F3N6O4/c1-19(37(38,39)40)15-25-31(49)45-27(29(47)41-25)17-35(21-11-5-7-13-23(21)43-33(35)45)36-18-28-30(48)42-26(16-20-9-3-2-4-10-20)32(50)46(28)34(36)44-24-14-8-6-12-22(24)36/h2-14,19,25-28,33-34,43-44H,15-18H2,1H3,(H,41,47)(H,42,48)/t19?,25-,26-,27-,28-,33+,34+,35?,36?/m0/s1. The van der Waals surface area contributed by atoms with E-state index in [0.29, 0.717) is 6.42 Å². The van der Waals surface area contributed by atoms with Gasteiger partial charge in [0.2, 0.25) is 23.6 Å². The molecule has 0 spiro atoms. The lowest BCUT2D eigenvalue weighted by Crippen LogP contribution is -2.67. The van der Waals surface area contributed by atoms with E-state index in [2.05, 4.69) is 21.3 Å². The van der Waals surface area contributed by atoms with Gasteiger partial charge in [-0.3, -0.25) is 19.2 Å². The summed E-state index contributed by atoms with van der Waals surface area (Å²) in [5, 5.41) is 12.8. The van der Waals surface area contributed by atoms with E-state index < -0.39 is 77.7 Å². The highest BCUT2D eigenvalue weighted by Gasteiger charge is 2.78. The third-order valence-corrected chi connectivity index (χ3v) is 12.2. The van der Waals surface area contributed by atoms with E-state index in [4.69, 9.17) is 0 Å². The predicted molar refractivity (Wildman–Crippen MR) is 175 cm³/mol. The molecule has 4 amide bonds. The maximum absolute atomic E-state index is 14.6. The van der Waals surface area contributed by atoms with Gasteiger partial charge in [0.1, 0.15) is 36.5 Å². The molecule has 9 atom stereocenters. The van der Waals surface area contributed by atoms with E-state index in [9.17, 15) is 32.3 Å². The highest BCUT2D eigenvalue weighted by molar-refractivity contribution is 6.01. The van der Waals surface area contributed by atoms with Gasteiger partial charge in [-0.1, -0.05) is 73.7 Å². The Morgan fingerprint density at radius 3 is 1.66 bits per heavy atom. The smallest absolute Gasteiger partial charge is 0.364 e. The molecule has 10 nitrogen and oxygen atoms in total. The summed E-state index contributed by atoms with van der Waals surface area (Å²) in [6, 6.07) is 20.8. The molecule has 9 rings (SSSR count). The summed E-state index contributed by atoms with van der Waals surface area (Å²) < 4.78 is 41.0. The maximum Gasteiger partial charge on any atom is 0.391 e. The van der Waals surface area contributed by atoms with Crippen LogP contribution in [0, 0.1) is 5.92 Å². The Hall–Kier alpha value is -5.07. The van der Waals surface area contributed by atoms with Crippen molar-refractivity contribution in [2.45, 2.75) is 86.1 Å². The minimum absolute atomic E-state index is 0.136. The molecule has 50 heavy (non-hydrogen) atoms. The predicted octanol–water partition coefficient (Wildman–Crippen LogP) is 3.40. The monoisotopic (exact) mass is 684 g/mol. The molecule has 3 aromatic rings. The van der Waals surface area contributed by atoms with Crippen LogP contribution in [-0.2, 0) is 36.4 Å². The third kappa shape index (κ3) is 3.97. The molecule has 0 saturated carbocycles. The van der Waals surface area contributed by atoms with Crippen LogP contribution in [0.3, 0.4) is 0 Å². The Kier molecular flexibility index (Phi) is 6.48. The maximum atomic E-state index is 14.6. The lowest BCUT2D eigenvalue weighted by Gasteiger charge is -2.48. The molecule has 258 valence electrons. The van der Waals surface area contributed by atoms with Crippen molar-refractivity contribution in [3.8, 4) is 0 Å². The molecule has 0 radical (unpaired) electrons. The number of hydrogen-bond donors (Lipinski definition) is 4. The first-order valence-electron chi connectivity index (χ1n) is 17.0. The average Bonchev–Trinajstić information content (AvgIpc) is 3.80. The van der Waals surface area contributed by atoms with E-state index in [1.54, 1.807) is 4.90 Å². The van der Waals surface area contributed by atoms with Gasteiger partial charge >= 0.3 is 6.18 Å². The van der Waals surface area contributed by atoms with Crippen molar-refractivity contribution >= 4 is 35.0 Å². The van der Waals surface area contributed by atoms with E-state index in [0.717, 1.165) is 35.0 Å². The zero-order chi connectivity index (χ0) is 34.7. The number of carbonyl (C=O) groups is 4. The molecule has 0 aliphatic carbocycles. The Balaban J connectivity index is 1.19. The Labute approximate surface area is 285 Å². The number of anilines is 2. The SMILES string of the molecule is CC(C[C@@H]1NC(=O)[C@@H]2CC3(C45C[C@H]6C(=O)N[C@@H](Cc7ccccc7)C(=O)N6[C@H]4Nc4ccccc45)c4ccccc4N[C@@H]3N2C1=O)C(F)(F)F. The van der Waals surface area contributed by atoms with Crippen LogP contribution in [0.4, 0.5) is 24.5 Å². The summed E-state index contributed by atoms with van der Waals surface area (Å²) in [7, 11) is 0. The fourth-order valence-corrected chi connectivity index (χ4v) is 10.0. The van der Waals surface area contributed by atoms with Crippen molar-refractivity contribution in [2.75, 3.05) is 10.6 Å². The number of hydrogen-bond acceptors (Lipinski definition) is 6. The number of alkyl halides is 3. The van der Waals surface area contributed by atoms with Gasteiger partial charge in [-0.05, 0) is 48.1 Å². The van der Waals surface area contributed by atoms with Crippen LogP contribution >= 0.6 is 0 Å². The van der Waals surface area contributed by atoms with E-state index in [1.165, 1.54) is 4.90 Å². The molecular weight excluding hydrogens is 649 g/mol. The van der Waals surface area contributed by atoms with Gasteiger partial charge in [0.05, 0.1) is 16.7 Å². The molecule has 3 unspecified atom stereocenters. The summed E-state index contributed by atoms with van der Waals surface area (Å²) in [6.45, 7) is 1.01. The largest absolute Gasteiger partial charge is 0.391 e. The van der Waals surface area contributed by atoms with Gasteiger partial charge in [-0.15, -0.1) is 0 Å². The number of nitrogens with one attached hydrogen (secondary N) is 4. The van der Waals surface area contributed by atoms with Gasteiger partial charge in [0.25, 0.3) is 0 Å². The van der Waals surface area contributed by atoms with Crippen molar-refractivity contribution < 1.29 is 32.3 Å². The molecule has 4 saturated heterocycles. The number of piperazine rings is 2. The van der Waals surface area contributed by atoms with E-state index in [-0.39, 0.29) is 24.7 Å². The van der Waals surface area contributed by atoms with Crippen LogP contribution in [0.1, 0.15) is 42.9 Å². The molecular formula is C37H35F3N6O4. The van der Waals surface area contributed by atoms with Gasteiger partial charge in [0, 0.05) is 17.8 Å². The normalized spacial score (nSPS) is 34.0. The van der Waals surface area contributed by atoms with Crippen molar-refractivity contribution in [3.05, 3.63) is 95.6 Å².